The topological polar surface area (TPSA) is 55.6 Å². The summed E-state index contributed by atoms with van der Waals surface area (Å²) in [6.07, 6.45) is 0. The fourth-order valence-electron chi connectivity index (χ4n) is 2.65. The predicted molar refractivity (Wildman–Crippen MR) is 63.9 cm³/mol. The number of rotatable bonds is 2. The van der Waals surface area contributed by atoms with Crippen molar-refractivity contribution in [2.75, 3.05) is 20.2 Å². The summed E-state index contributed by atoms with van der Waals surface area (Å²) in [7, 11) is 1.62. The number of ether oxygens (including phenoxy) is 1. The Labute approximate surface area is 100 Å². The standard InChI is InChI=1S/C13H16N2O2/c1-17-9-4-2-8(3-5-9)13(16)15-6-10-11(7-15)12(10)14/h2-5,10-12H,6-7,14H2,1H3. The number of hydrogen-bond acceptors (Lipinski definition) is 3. The maximum atomic E-state index is 12.2. The number of nitrogens with two attached hydrogens (primary N) is 1. The Bertz CT molecular complexity index is 431. The molecule has 1 aliphatic heterocycles. The van der Waals surface area contributed by atoms with Crippen molar-refractivity contribution in [1.29, 1.82) is 0 Å². The zero-order chi connectivity index (χ0) is 12.0. The van der Waals surface area contributed by atoms with E-state index in [1.807, 2.05) is 29.2 Å². The highest BCUT2D eigenvalue weighted by atomic mass is 16.5. The van der Waals surface area contributed by atoms with Crippen molar-refractivity contribution in [3.05, 3.63) is 29.8 Å². The first-order chi connectivity index (χ1) is 8.20. The van der Waals surface area contributed by atoms with Crippen molar-refractivity contribution >= 4 is 5.91 Å². The zero-order valence-corrected chi connectivity index (χ0v) is 9.80. The fraction of sp³-hybridized carbons (Fsp3) is 0.462. The summed E-state index contributed by atoms with van der Waals surface area (Å²) in [5, 5.41) is 0. The highest BCUT2D eigenvalue weighted by Crippen LogP contribution is 2.44. The largest absolute Gasteiger partial charge is 0.497 e. The van der Waals surface area contributed by atoms with E-state index < -0.39 is 0 Å². The van der Waals surface area contributed by atoms with Gasteiger partial charge in [0.2, 0.25) is 0 Å². The van der Waals surface area contributed by atoms with Crippen LogP contribution in [0.25, 0.3) is 0 Å². The normalized spacial score (nSPS) is 30.0. The van der Waals surface area contributed by atoms with Crippen molar-refractivity contribution in [2.24, 2.45) is 17.6 Å². The molecule has 1 saturated heterocycles. The van der Waals surface area contributed by atoms with E-state index in [0.717, 1.165) is 24.4 Å². The molecule has 1 aromatic carbocycles. The summed E-state index contributed by atoms with van der Waals surface area (Å²) in [5.41, 5.74) is 6.58. The fourth-order valence-corrected chi connectivity index (χ4v) is 2.65. The molecule has 1 heterocycles. The second kappa shape index (κ2) is 3.74. The summed E-state index contributed by atoms with van der Waals surface area (Å²) >= 11 is 0. The molecular weight excluding hydrogens is 216 g/mol. The number of carbonyl (C=O) groups excluding carboxylic acids is 1. The first-order valence-electron chi connectivity index (χ1n) is 5.89. The van der Waals surface area contributed by atoms with Gasteiger partial charge in [-0.25, -0.2) is 0 Å². The Morgan fingerprint density at radius 3 is 2.41 bits per heavy atom. The Balaban J connectivity index is 1.70. The summed E-state index contributed by atoms with van der Waals surface area (Å²) < 4.78 is 5.07. The number of likely N-dealkylation sites (tertiary alicyclic amines) is 1. The number of hydrogen-bond donors (Lipinski definition) is 1. The molecule has 3 rings (SSSR count). The Morgan fingerprint density at radius 1 is 1.29 bits per heavy atom. The lowest BCUT2D eigenvalue weighted by Gasteiger charge is -2.19. The van der Waals surface area contributed by atoms with Crippen LogP contribution >= 0.6 is 0 Å². The minimum atomic E-state index is 0.104. The van der Waals surface area contributed by atoms with Gasteiger partial charge in [-0.15, -0.1) is 0 Å². The summed E-state index contributed by atoms with van der Waals surface area (Å²) in [6.45, 7) is 1.63. The van der Waals surface area contributed by atoms with Gasteiger partial charge < -0.3 is 15.4 Å². The van der Waals surface area contributed by atoms with E-state index in [2.05, 4.69) is 0 Å². The maximum Gasteiger partial charge on any atom is 0.253 e. The first-order valence-corrected chi connectivity index (χ1v) is 5.89. The summed E-state index contributed by atoms with van der Waals surface area (Å²) in [4.78, 5) is 14.1. The number of benzene rings is 1. The molecular formula is C13H16N2O2. The van der Waals surface area contributed by atoms with E-state index in [4.69, 9.17) is 10.5 Å². The first kappa shape index (κ1) is 10.6. The average Bonchev–Trinajstić information content (AvgIpc) is 2.82. The summed E-state index contributed by atoms with van der Waals surface area (Å²) in [6, 6.07) is 7.58. The van der Waals surface area contributed by atoms with Crippen LogP contribution in [0.5, 0.6) is 5.75 Å². The molecule has 2 atom stereocenters. The monoisotopic (exact) mass is 232 g/mol. The number of amides is 1. The number of fused-ring (bicyclic) bond motifs is 1. The third-order valence-corrected chi connectivity index (χ3v) is 3.88. The molecule has 1 aliphatic carbocycles. The maximum absolute atomic E-state index is 12.2. The molecule has 4 heteroatoms. The molecule has 0 bridgehead atoms. The lowest BCUT2D eigenvalue weighted by atomic mass is 10.2. The van der Waals surface area contributed by atoms with Gasteiger partial charge in [-0.05, 0) is 36.1 Å². The molecule has 1 aromatic rings. The van der Waals surface area contributed by atoms with E-state index in [-0.39, 0.29) is 5.91 Å². The van der Waals surface area contributed by atoms with Crippen LogP contribution < -0.4 is 10.5 Å². The average molecular weight is 232 g/mol. The smallest absolute Gasteiger partial charge is 0.253 e. The van der Waals surface area contributed by atoms with E-state index in [1.165, 1.54) is 0 Å². The van der Waals surface area contributed by atoms with Gasteiger partial charge in [-0.3, -0.25) is 4.79 Å². The number of piperidine rings is 1. The van der Waals surface area contributed by atoms with E-state index >= 15 is 0 Å². The molecule has 1 amide bonds. The van der Waals surface area contributed by atoms with Gasteiger partial charge in [0, 0.05) is 24.7 Å². The van der Waals surface area contributed by atoms with Gasteiger partial charge in [0.15, 0.2) is 0 Å². The summed E-state index contributed by atoms with van der Waals surface area (Å²) in [5.74, 6) is 1.95. The van der Waals surface area contributed by atoms with Crippen molar-refractivity contribution in [3.63, 3.8) is 0 Å². The van der Waals surface area contributed by atoms with Gasteiger partial charge in [-0.1, -0.05) is 0 Å². The molecule has 2 N–H and O–H groups in total. The quantitative estimate of drug-likeness (QED) is 0.817. The minimum absolute atomic E-state index is 0.104. The third-order valence-electron chi connectivity index (χ3n) is 3.88. The van der Waals surface area contributed by atoms with E-state index in [0.29, 0.717) is 17.9 Å². The second-order valence-electron chi connectivity index (χ2n) is 4.84. The van der Waals surface area contributed by atoms with Crippen LogP contribution in [0.15, 0.2) is 24.3 Å². The van der Waals surface area contributed by atoms with Gasteiger partial charge in [0.05, 0.1) is 7.11 Å². The van der Waals surface area contributed by atoms with Gasteiger partial charge in [0.1, 0.15) is 5.75 Å². The molecule has 4 nitrogen and oxygen atoms in total. The van der Waals surface area contributed by atoms with Crippen molar-refractivity contribution in [1.82, 2.24) is 4.90 Å². The van der Waals surface area contributed by atoms with Crippen LogP contribution in [0, 0.1) is 11.8 Å². The van der Waals surface area contributed by atoms with Crippen LogP contribution in [0.2, 0.25) is 0 Å². The number of nitrogens with zero attached hydrogens (tertiary/aromatic N) is 1. The van der Waals surface area contributed by atoms with Gasteiger partial charge in [0.25, 0.3) is 5.91 Å². The van der Waals surface area contributed by atoms with Crippen LogP contribution in [-0.2, 0) is 0 Å². The number of methoxy groups -OCH3 is 1. The molecule has 2 aliphatic rings. The van der Waals surface area contributed by atoms with Crippen molar-refractivity contribution in [3.8, 4) is 5.75 Å². The van der Waals surface area contributed by atoms with E-state index in [9.17, 15) is 4.79 Å². The predicted octanol–water partition coefficient (Wildman–Crippen LogP) is 0.724. The minimum Gasteiger partial charge on any atom is -0.497 e. The number of carbonyl (C=O) groups is 1. The molecule has 0 spiro atoms. The third kappa shape index (κ3) is 1.69. The molecule has 0 radical (unpaired) electrons. The molecule has 17 heavy (non-hydrogen) atoms. The van der Waals surface area contributed by atoms with E-state index in [1.54, 1.807) is 7.11 Å². The lowest BCUT2D eigenvalue weighted by molar-refractivity contribution is 0.0773. The Kier molecular flexibility index (Phi) is 2.33. The Morgan fingerprint density at radius 2 is 1.88 bits per heavy atom. The molecule has 0 aromatic heterocycles. The van der Waals surface area contributed by atoms with Gasteiger partial charge >= 0.3 is 0 Å². The SMILES string of the molecule is COc1ccc(C(=O)N2CC3C(N)C3C2)cc1. The van der Waals surface area contributed by atoms with Crippen LogP contribution in [-0.4, -0.2) is 37.0 Å². The van der Waals surface area contributed by atoms with Crippen molar-refractivity contribution < 1.29 is 9.53 Å². The van der Waals surface area contributed by atoms with Crippen LogP contribution in [0.3, 0.4) is 0 Å². The molecule has 2 fully saturated rings. The molecule has 90 valence electrons. The highest BCUT2D eigenvalue weighted by molar-refractivity contribution is 5.94. The highest BCUT2D eigenvalue weighted by Gasteiger charge is 2.54. The zero-order valence-electron chi connectivity index (χ0n) is 9.80. The van der Waals surface area contributed by atoms with Crippen molar-refractivity contribution in [2.45, 2.75) is 6.04 Å². The Hall–Kier alpha value is -1.55. The molecule has 2 unspecified atom stereocenters. The molecule has 1 saturated carbocycles. The van der Waals surface area contributed by atoms with Crippen LogP contribution in [0.1, 0.15) is 10.4 Å². The van der Waals surface area contributed by atoms with Crippen LogP contribution in [0.4, 0.5) is 0 Å². The van der Waals surface area contributed by atoms with Gasteiger partial charge in [-0.2, -0.15) is 0 Å². The second-order valence-corrected chi connectivity index (χ2v) is 4.84. The lowest BCUT2D eigenvalue weighted by Crippen LogP contribution is -2.33.